The summed E-state index contributed by atoms with van der Waals surface area (Å²) in [5, 5.41) is 15.3. The average Bonchev–Trinajstić information content (AvgIpc) is 2.78. The number of fused-ring (bicyclic) bond motifs is 1. The molecule has 1 aromatic heterocycles. The molecule has 0 fully saturated rings. The molecule has 37 heavy (non-hydrogen) atoms. The molecule has 14 heteroatoms. The minimum atomic E-state index is -4.56. The highest BCUT2D eigenvalue weighted by atomic mass is 32.2. The minimum absolute atomic E-state index is 0.118. The second kappa shape index (κ2) is 10.9. The fourth-order valence-corrected chi connectivity index (χ4v) is 4.08. The van der Waals surface area contributed by atoms with E-state index < -0.39 is 47.0 Å². The second-order valence-corrected chi connectivity index (χ2v) is 10.7. The van der Waals surface area contributed by atoms with Gasteiger partial charge in [0.1, 0.15) is 23.7 Å². The lowest BCUT2D eigenvalue weighted by Crippen LogP contribution is -2.52. The SMILES string of the molecule is C=S(C)(=O)Nc1cc(C)c2c(Nc3ccc(F)cc3OC(C=O)(CO)CNCC(F)(F)F)ncnc2c1. The molecule has 0 aliphatic heterocycles. The lowest BCUT2D eigenvalue weighted by atomic mass is 10.1. The molecule has 200 valence electrons. The monoisotopic (exact) mass is 543 g/mol. The molecule has 3 rings (SSSR count). The first kappa shape index (κ1) is 28.1. The van der Waals surface area contributed by atoms with Crippen molar-refractivity contribution in [3.8, 4) is 5.75 Å². The number of aliphatic hydroxyl groups is 1. The number of hydrogen-bond donors (Lipinski definition) is 4. The van der Waals surface area contributed by atoms with Crippen LogP contribution >= 0.6 is 0 Å². The number of aryl methyl sites for hydroxylation is 1. The van der Waals surface area contributed by atoms with Gasteiger partial charge in [-0.3, -0.25) is 4.79 Å². The first-order valence-corrected chi connectivity index (χ1v) is 12.8. The van der Waals surface area contributed by atoms with Gasteiger partial charge in [-0.2, -0.15) is 13.2 Å². The van der Waals surface area contributed by atoms with E-state index in [9.17, 15) is 31.7 Å². The van der Waals surface area contributed by atoms with Crippen molar-refractivity contribution < 1.29 is 36.4 Å². The summed E-state index contributed by atoms with van der Waals surface area (Å²) in [5.41, 5.74) is -0.324. The number of rotatable bonds is 11. The van der Waals surface area contributed by atoms with E-state index in [0.29, 0.717) is 22.2 Å². The maximum atomic E-state index is 14.1. The maximum Gasteiger partial charge on any atom is 0.401 e. The van der Waals surface area contributed by atoms with E-state index in [1.807, 2.05) is 5.32 Å². The molecule has 2 unspecified atom stereocenters. The van der Waals surface area contributed by atoms with Gasteiger partial charge in [0, 0.05) is 39.6 Å². The van der Waals surface area contributed by atoms with E-state index in [2.05, 4.69) is 25.9 Å². The number of hydrogen-bond acceptors (Lipinski definition) is 8. The largest absolute Gasteiger partial charge is 0.474 e. The van der Waals surface area contributed by atoms with E-state index in [0.717, 1.165) is 12.1 Å². The predicted octanol–water partition coefficient (Wildman–Crippen LogP) is 2.95. The smallest absolute Gasteiger partial charge is 0.401 e. The van der Waals surface area contributed by atoms with Crippen molar-refractivity contribution in [2.75, 3.05) is 36.0 Å². The number of nitrogens with zero attached hydrogens (tertiary/aromatic N) is 2. The van der Waals surface area contributed by atoms with Gasteiger partial charge in [0.2, 0.25) is 0 Å². The standard InChI is InChI=1S/C23H25F4N5O4S/c1-14-6-16(32-37(2,3)35)8-18-20(14)21(30-13-29-18)31-17-5-4-15(24)7-19(17)36-22(11-33,12-34)9-28-10-23(25,26)27/h4-8,11,13,28,34H,2,9-10,12H2,1,3H3,(H,32,35)(H,29,30,31). The van der Waals surface area contributed by atoms with E-state index in [4.69, 9.17) is 4.74 Å². The summed E-state index contributed by atoms with van der Waals surface area (Å²) < 4.78 is 72.1. The summed E-state index contributed by atoms with van der Waals surface area (Å²) in [6, 6.07) is 6.66. The molecule has 9 nitrogen and oxygen atoms in total. The minimum Gasteiger partial charge on any atom is -0.474 e. The van der Waals surface area contributed by atoms with Crippen LogP contribution < -0.4 is 20.1 Å². The van der Waals surface area contributed by atoms with Gasteiger partial charge < -0.3 is 25.2 Å². The van der Waals surface area contributed by atoms with Crippen LogP contribution in [0.3, 0.4) is 0 Å². The van der Waals surface area contributed by atoms with Crippen LogP contribution in [0.4, 0.5) is 34.8 Å². The van der Waals surface area contributed by atoms with Crippen molar-refractivity contribution in [2.45, 2.75) is 18.7 Å². The highest BCUT2D eigenvalue weighted by Gasteiger charge is 2.35. The van der Waals surface area contributed by atoms with E-state index in [-0.39, 0.29) is 23.5 Å². The van der Waals surface area contributed by atoms with Crippen LogP contribution in [0.25, 0.3) is 10.9 Å². The molecule has 0 saturated carbocycles. The summed E-state index contributed by atoms with van der Waals surface area (Å²) in [4.78, 5) is 20.2. The molecule has 1 heterocycles. The number of anilines is 3. The van der Waals surface area contributed by atoms with Gasteiger partial charge >= 0.3 is 6.18 Å². The quantitative estimate of drug-likeness (QED) is 0.165. The van der Waals surface area contributed by atoms with Crippen LogP contribution in [-0.2, 0) is 14.5 Å². The number of ether oxygens (including phenoxy) is 1. The molecule has 0 bridgehead atoms. The normalized spacial score (nSPS) is 15.0. The van der Waals surface area contributed by atoms with Crippen LogP contribution in [0.1, 0.15) is 5.56 Å². The summed E-state index contributed by atoms with van der Waals surface area (Å²) in [7, 11) is -2.55. The Bertz CT molecular complexity index is 1400. The van der Waals surface area contributed by atoms with Gasteiger partial charge in [0.25, 0.3) is 0 Å². The molecule has 0 aliphatic rings. The van der Waals surface area contributed by atoms with Crippen molar-refractivity contribution >= 4 is 50.0 Å². The van der Waals surface area contributed by atoms with Gasteiger partial charge in [-0.1, -0.05) is 0 Å². The first-order valence-electron chi connectivity index (χ1n) is 10.7. The summed E-state index contributed by atoms with van der Waals surface area (Å²) in [6.07, 6.45) is -1.70. The lowest BCUT2D eigenvalue weighted by Gasteiger charge is -2.29. The molecule has 3 aromatic rings. The molecule has 0 radical (unpaired) electrons. The Hall–Kier alpha value is -3.49. The van der Waals surface area contributed by atoms with Crippen LogP contribution in [0.2, 0.25) is 0 Å². The Morgan fingerprint density at radius 3 is 2.54 bits per heavy atom. The molecule has 2 aromatic carbocycles. The molecule has 0 saturated heterocycles. The highest BCUT2D eigenvalue weighted by Crippen LogP contribution is 2.34. The van der Waals surface area contributed by atoms with Crippen LogP contribution in [0, 0.1) is 12.7 Å². The number of aldehydes is 1. The number of carbonyl (C=O) groups is 1. The van der Waals surface area contributed by atoms with E-state index in [1.54, 1.807) is 19.1 Å². The van der Waals surface area contributed by atoms with Gasteiger partial charge in [-0.05, 0) is 42.6 Å². The molecular weight excluding hydrogens is 518 g/mol. The maximum absolute atomic E-state index is 14.1. The Kier molecular flexibility index (Phi) is 8.25. The third-order valence-electron chi connectivity index (χ3n) is 5.01. The number of halogens is 4. The Morgan fingerprint density at radius 1 is 1.19 bits per heavy atom. The number of aliphatic hydroxyl groups excluding tert-OH is 1. The van der Waals surface area contributed by atoms with Gasteiger partial charge in [0.05, 0.1) is 24.4 Å². The third kappa shape index (κ3) is 7.50. The first-order chi connectivity index (χ1) is 17.2. The average molecular weight is 544 g/mol. The fraction of sp³-hybridized carbons (Fsp3) is 0.304. The molecule has 0 spiro atoms. The van der Waals surface area contributed by atoms with Crippen molar-refractivity contribution in [1.82, 2.24) is 15.3 Å². The van der Waals surface area contributed by atoms with Crippen molar-refractivity contribution in [3.63, 3.8) is 0 Å². The Morgan fingerprint density at radius 2 is 1.92 bits per heavy atom. The number of nitrogens with one attached hydrogen (secondary N) is 3. The molecule has 0 amide bonds. The zero-order valence-corrected chi connectivity index (χ0v) is 20.7. The van der Waals surface area contributed by atoms with Crippen molar-refractivity contribution in [3.05, 3.63) is 48.0 Å². The molecule has 0 aliphatic carbocycles. The number of aromatic nitrogens is 2. The Balaban J connectivity index is 1.97. The zero-order valence-electron chi connectivity index (χ0n) is 19.9. The summed E-state index contributed by atoms with van der Waals surface area (Å²) in [5.74, 6) is 2.83. The van der Waals surface area contributed by atoms with E-state index in [1.165, 1.54) is 18.6 Å². The van der Waals surface area contributed by atoms with Gasteiger partial charge in [-0.25, -0.2) is 18.6 Å². The van der Waals surface area contributed by atoms with Crippen LogP contribution in [-0.4, -0.2) is 69.2 Å². The van der Waals surface area contributed by atoms with Gasteiger partial charge in [0.15, 0.2) is 11.9 Å². The zero-order chi connectivity index (χ0) is 27.4. The third-order valence-corrected chi connectivity index (χ3v) is 5.68. The summed E-state index contributed by atoms with van der Waals surface area (Å²) >= 11 is 0. The second-order valence-electron chi connectivity index (χ2n) is 8.44. The topological polar surface area (TPSA) is 125 Å². The lowest BCUT2D eigenvalue weighted by molar-refractivity contribution is -0.133. The van der Waals surface area contributed by atoms with Gasteiger partial charge in [-0.15, -0.1) is 0 Å². The highest BCUT2D eigenvalue weighted by molar-refractivity contribution is 8.00. The number of benzene rings is 2. The van der Waals surface area contributed by atoms with Crippen molar-refractivity contribution in [2.24, 2.45) is 0 Å². The van der Waals surface area contributed by atoms with Crippen LogP contribution in [0.5, 0.6) is 5.75 Å². The van der Waals surface area contributed by atoms with Crippen LogP contribution in [0.15, 0.2) is 36.7 Å². The fourth-order valence-electron chi connectivity index (χ4n) is 3.47. The van der Waals surface area contributed by atoms with Crippen molar-refractivity contribution in [1.29, 1.82) is 0 Å². The summed E-state index contributed by atoms with van der Waals surface area (Å²) in [6.45, 7) is -1.33. The van der Waals surface area contributed by atoms with E-state index >= 15 is 0 Å². The number of carbonyl (C=O) groups excluding carboxylic acids is 1. The predicted molar refractivity (Wildman–Crippen MR) is 134 cm³/mol. The molecular formula is C23H25F4N5O4S. The molecule has 2 atom stereocenters. The Labute approximate surface area is 210 Å². The molecule has 4 N–H and O–H groups in total. The number of alkyl halides is 3.